The maximum absolute atomic E-state index is 12.4. The van der Waals surface area contributed by atoms with Gasteiger partial charge in [0.2, 0.25) is 5.91 Å². The smallest absolute Gasteiger partial charge is 0.255 e. The molecule has 7 heteroatoms. The third kappa shape index (κ3) is 3.79. The highest BCUT2D eigenvalue weighted by Gasteiger charge is 2.23. The first kappa shape index (κ1) is 15.7. The fourth-order valence-electron chi connectivity index (χ4n) is 2.77. The van der Waals surface area contributed by atoms with Crippen molar-refractivity contribution in [3.8, 4) is 0 Å². The standard InChI is InChI=1S/C16H20N4O2S/c1-12-18-14(11-23-12)9-15(21)19-5-2-6-20(8-7-19)16(22)13-3-4-17-10-13/h3-4,10-11,17H,2,5-9H2,1H3. The molecule has 0 radical (unpaired) electrons. The van der Waals surface area contributed by atoms with Crippen LogP contribution in [0.4, 0.5) is 0 Å². The lowest BCUT2D eigenvalue weighted by atomic mass is 10.3. The molecule has 0 aromatic carbocycles. The fraction of sp³-hybridized carbons (Fsp3) is 0.438. The minimum absolute atomic E-state index is 0.0238. The van der Waals surface area contributed by atoms with Crippen LogP contribution < -0.4 is 0 Å². The van der Waals surface area contributed by atoms with Crippen molar-refractivity contribution in [2.75, 3.05) is 26.2 Å². The van der Waals surface area contributed by atoms with Gasteiger partial charge in [0.25, 0.3) is 5.91 Å². The molecule has 1 fully saturated rings. The van der Waals surface area contributed by atoms with Crippen LogP contribution in [0.1, 0.15) is 27.5 Å². The fourth-order valence-corrected chi connectivity index (χ4v) is 3.38. The number of hydrogen-bond acceptors (Lipinski definition) is 4. The lowest BCUT2D eigenvalue weighted by Crippen LogP contribution is -2.37. The van der Waals surface area contributed by atoms with Crippen molar-refractivity contribution < 1.29 is 9.59 Å². The summed E-state index contributed by atoms with van der Waals surface area (Å²) in [6, 6.07) is 1.78. The van der Waals surface area contributed by atoms with Gasteiger partial charge in [-0.3, -0.25) is 9.59 Å². The van der Waals surface area contributed by atoms with Crippen molar-refractivity contribution in [1.82, 2.24) is 19.8 Å². The Bertz CT molecular complexity index is 680. The van der Waals surface area contributed by atoms with E-state index in [-0.39, 0.29) is 11.8 Å². The summed E-state index contributed by atoms with van der Waals surface area (Å²) >= 11 is 1.56. The van der Waals surface area contributed by atoms with E-state index in [9.17, 15) is 9.59 Å². The number of aromatic amines is 1. The zero-order chi connectivity index (χ0) is 16.2. The molecule has 1 N–H and O–H groups in total. The summed E-state index contributed by atoms with van der Waals surface area (Å²) in [6.45, 7) is 4.47. The van der Waals surface area contributed by atoms with Gasteiger partial charge in [0, 0.05) is 44.0 Å². The summed E-state index contributed by atoms with van der Waals surface area (Å²) in [6.07, 6.45) is 4.60. The summed E-state index contributed by atoms with van der Waals surface area (Å²) in [5.74, 6) is 0.113. The Labute approximate surface area is 139 Å². The number of thiazole rings is 1. The minimum Gasteiger partial charge on any atom is -0.367 e. The molecule has 0 bridgehead atoms. The lowest BCUT2D eigenvalue weighted by molar-refractivity contribution is -0.130. The number of rotatable bonds is 3. The van der Waals surface area contributed by atoms with Crippen LogP contribution in [0.15, 0.2) is 23.8 Å². The molecule has 23 heavy (non-hydrogen) atoms. The molecule has 1 aliphatic rings. The number of aryl methyl sites for hydroxylation is 1. The Kier molecular flexibility index (Phi) is 4.76. The normalized spacial score (nSPS) is 15.5. The lowest BCUT2D eigenvalue weighted by Gasteiger charge is -2.21. The molecule has 122 valence electrons. The summed E-state index contributed by atoms with van der Waals surface area (Å²) in [5, 5.41) is 2.92. The van der Waals surface area contributed by atoms with E-state index in [2.05, 4.69) is 9.97 Å². The van der Waals surface area contributed by atoms with Crippen LogP contribution in [0.25, 0.3) is 0 Å². The largest absolute Gasteiger partial charge is 0.367 e. The Hall–Kier alpha value is -2.15. The Balaban J connectivity index is 1.57. The van der Waals surface area contributed by atoms with E-state index in [0.29, 0.717) is 38.2 Å². The predicted molar refractivity (Wildman–Crippen MR) is 88.4 cm³/mol. The Morgan fingerprint density at radius 1 is 1.26 bits per heavy atom. The van der Waals surface area contributed by atoms with E-state index < -0.39 is 0 Å². The van der Waals surface area contributed by atoms with Gasteiger partial charge in [-0.15, -0.1) is 11.3 Å². The topological polar surface area (TPSA) is 69.3 Å². The van der Waals surface area contributed by atoms with E-state index in [1.54, 1.807) is 29.8 Å². The molecule has 0 saturated carbocycles. The van der Waals surface area contributed by atoms with Crippen molar-refractivity contribution in [2.24, 2.45) is 0 Å². The summed E-state index contributed by atoms with van der Waals surface area (Å²) in [4.78, 5) is 35.7. The van der Waals surface area contributed by atoms with Crippen molar-refractivity contribution in [3.63, 3.8) is 0 Å². The molecule has 0 spiro atoms. The van der Waals surface area contributed by atoms with Gasteiger partial charge in [-0.1, -0.05) is 0 Å². The van der Waals surface area contributed by atoms with Gasteiger partial charge in [0.15, 0.2) is 0 Å². The van der Waals surface area contributed by atoms with Crippen LogP contribution in [-0.2, 0) is 11.2 Å². The maximum atomic E-state index is 12.4. The molecule has 0 unspecified atom stereocenters. The Morgan fingerprint density at radius 3 is 2.74 bits per heavy atom. The molecular formula is C16H20N4O2S. The third-order valence-electron chi connectivity index (χ3n) is 3.98. The minimum atomic E-state index is 0.0238. The van der Waals surface area contributed by atoms with E-state index >= 15 is 0 Å². The number of amides is 2. The molecule has 0 atom stereocenters. The first-order valence-electron chi connectivity index (χ1n) is 7.74. The third-order valence-corrected chi connectivity index (χ3v) is 4.80. The second-order valence-electron chi connectivity index (χ2n) is 5.66. The number of carbonyl (C=O) groups excluding carboxylic acids is 2. The first-order chi connectivity index (χ1) is 11.1. The highest BCUT2D eigenvalue weighted by molar-refractivity contribution is 7.09. The molecule has 2 aromatic rings. The van der Waals surface area contributed by atoms with Gasteiger partial charge in [0.1, 0.15) is 0 Å². The average Bonchev–Trinajstić information content (AvgIpc) is 3.13. The van der Waals surface area contributed by atoms with Gasteiger partial charge in [-0.2, -0.15) is 0 Å². The average molecular weight is 332 g/mol. The highest BCUT2D eigenvalue weighted by atomic mass is 32.1. The van der Waals surface area contributed by atoms with Gasteiger partial charge in [-0.25, -0.2) is 4.98 Å². The molecule has 2 amide bonds. The van der Waals surface area contributed by atoms with Crippen molar-refractivity contribution in [2.45, 2.75) is 19.8 Å². The molecule has 2 aromatic heterocycles. The van der Waals surface area contributed by atoms with Crippen molar-refractivity contribution in [3.05, 3.63) is 40.1 Å². The summed E-state index contributed by atoms with van der Waals surface area (Å²) in [7, 11) is 0. The predicted octanol–water partition coefficient (Wildman–Crippen LogP) is 1.70. The number of nitrogens with one attached hydrogen (secondary N) is 1. The van der Waals surface area contributed by atoms with E-state index in [0.717, 1.165) is 17.1 Å². The molecular weight excluding hydrogens is 312 g/mol. The number of H-pyrrole nitrogens is 1. The summed E-state index contributed by atoms with van der Waals surface area (Å²) < 4.78 is 0. The second-order valence-corrected chi connectivity index (χ2v) is 6.72. The molecule has 6 nitrogen and oxygen atoms in total. The van der Waals surface area contributed by atoms with Gasteiger partial charge >= 0.3 is 0 Å². The van der Waals surface area contributed by atoms with Crippen molar-refractivity contribution >= 4 is 23.2 Å². The number of nitrogens with zero attached hydrogens (tertiary/aromatic N) is 3. The molecule has 1 aliphatic heterocycles. The number of hydrogen-bond donors (Lipinski definition) is 1. The zero-order valence-corrected chi connectivity index (χ0v) is 13.9. The monoisotopic (exact) mass is 332 g/mol. The van der Waals surface area contributed by atoms with Gasteiger partial charge < -0.3 is 14.8 Å². The van der Waals surface area contributed by atoms with Crippen LogP contribution in [0.5, 0.6) is 0 Å². The van der Waals surface area contributed by atoms with Crippen molar-refractivity contribution in [1.29, 1.82) is 0 Å². The van der Waals surface area contributed by atoms with Crippen LogP contribution in [0.3, 0.4) is 0 Å². The number of aromatic nitrogens is 2. The highest BCUT2D eigenvalue weighted by Crippen LogP contribution is 2.12. The number of carbonyl (C=O) groups is 2. The van der Waals surface area contributed by atoms with E-state index in [1.807, 2.05) is 22.1 Å². The molecule has 3 heterocycles. The maximum Gasteiger partial charge on any atom is 0.255 e. The van der Waals surface area contributed by atoms with E-state index in [4.69, 9.17) is 0 Å². The van der Waals surface area contributed by atoms with Gasteiger partial charge in [0.05, 0.1) is 22.7 Å². The summed E-state index contributed by atoms with van der Waals surface area (Å²) in [5.41, 5.74) is 1.50. The zero-order valence-electron chi connectivity index (χ0n) is 13.1. The Morgan fingerprint density at radius 2 is 2.04 bits per heavy atom. The van der Waals surface area contributed by atoms with Gasteiger partial charge in [-0.05, 0) is 19.4 Å². The first-order valence-corrected chi connectivity index (χ1v) is 8.62. The van der Waals surface area contributed by atoms with Crippen LogP contribution in [-0.4, -0.2) is 57.8 Å². The van der Waals surface area contributed by atoms with E-state index in [1.165, 1.54) is 0 Å². The van der Waals surface area contributed by atoms with Crippen LogP contribution >= 0.6 is 11.3 Å². The second kappa shape index (κ2) is 6.95. The molecule has 0 aliphatic carbocycles. The molecule has 3 rings (SSSR count). The quantitative estimate of drug-likeness (QED) is 0.930. The SMILES string of the molecule is Cc1nc(CC(=O)N2CCCN(C(=O)c3cc[nH]c3)CC2)cs1. The molecule has 1 saturated heterocycles. The van der Waals surface area contributed by atoms with Crippen LogP contribution in [0, 0.1) is 6.92 Å². The van der Waals surface area contributed by atoms with Crippen LogP contribution in [0.2, 0.25) is 0 Å².